The average Bonchev–Trinajstić information content (AvgIpc) is 3.16. The number of phenolic OH excluding ortho intramolecular Hbond substituents is 1. The number of aliphatic hydroxyl groups is 1. The molecule has 3 atom stereocenters. The number of aromatic hydroxyl groups is 1. The van der Waals surface area contributed by atoms with E-state index in [4.69, 9.17) is 9.47 Å². The van der Waals surface area contributed by atoms with Crippen LogP contribution in [-0.4, -0.2) is 71.5 Å². The van der Waals surface area contributed by atoms with Crippen molar-refractivity contribution in [2.75, 3.05) is 39.3 Å². The smallest absolute Gasteiger partial charge is 0.307 e. The molecule has 1 unspecified atom stereocenters. The molecular formula is C42H52BrN3O6. The molecule has 3 saturated heterocycles. The van der Waals surface area contributed by atoms with Gasteiger partial charge in [-0.05, 0) is 102 Å². The number of aliphatic hydroxyl groups excluding tert-OH is 1. The first-order valence-electron chi connectivity index (χ1n) is 19.0. The second-order valence-electron chi connectivity index (χ2n) is 14.3. The highest BCUT2D eigenvalue weighted by Gasteiger charge is 2.37. The second kappa shape index (κ2) is 18.9. The Morgan fingerprint density at radius 1 is 0.904 bits per heavy atom. The van der Waals surface area contributed by atoms with Gasteiger partial charge in [0.1, 0.15) is 17.6 Å². The minimum Gasteiger partial charge on any atom is -0.506 e. The number of halogens is 1. The Bertz CT molecular complexity index is 1810. The van der Waals surface area contributed by atoms with Crippen LogP contribution in [0.2, 0.25) is 0 Å². The van der Waals surface area contributed by atoms with Crippen molar-refractivity contribution in [2.24, 2.45) is 5.92 Å². The van der Waals surface area contributed by atoms with E-state index in [0.29, 0.717) is 35.5 Å². The number of H-pyrrole nitrogens is 1. The van der Waals surface area contributed by atoms with E-state index < -0.39 is 6.10 Å². The van der Waals surface area contributed by atoms with Gasteiger partial charge in [-0.15, -0.1) is 0 Å². The molecule has 4 N–H and O–H groups in total. The predicted octanol–water partition coefficient (Wildman–Crippen LogP) is 7.59. The fraction of sp³-hybridized carbons (Fsp3) is 0.476. The Hall–Kier alpha value is -3.70. The summed E-state index contributed by atoms with van der Waals surface area (Å²) >= 11 is 3.83. The number of nitrogens with one attached hydrogen (secondary N) is 2. The molecule has 2 bridgehead atoms. The molecular weight excluding hydrogens is 722 g/mol. The number of hydrogen-bond donors (Lipinski definition) is 4. The summed E-state index contributed by atoms with van der Waals surface area (Å²) in [4.78, 5) is 30.0. The van der Waals surface area contributed by atoms with Gasteiger partial charge in [0, 0.05) is 30.5 Å². The topological polar surface area (TPSA) is 124 Å². The Labute approximate surface area is 314 Å². The van der Waals surface area contributed by atoms with E-state index in [9.17, 15) is 19.8 Å². The second-order valence-corrected chi connectivity index (χ2v) is 15.1. The maximum absolute atomic E-state index is 13.3. The zero-order valence-electron chi connectivity index (χ0n) is 29.9. The molecule has 3 aliphatic heterocycles. The van der Waals surface area contributed by atoms with Gasteiger partial charge in [-0.25, -0.2) is 0 Å². The molecule has 10 heteroatoms. The molecule has 3 aromatic carbocycles. The quantitative estimate of drug-likeness (QED) is 0.0568. The van der Waals surface area contributed by atoms with E-state index in [1.54, 1.807) is 12.1 Å². The van der Waals surface area contributed by atoms with E-state index in [-0.39, 0.29) is 35.7 Å². The maximum Gasteiger partial charge on any atom is 0.307 e. The molecule has 52 heavy (non-hydrogen) atoms. The monoisotopic (exact) mass is 773 g/mol. The Kier molecular flexibility index (Phi) is 13.8. The van der Waals surface area contributed by atoms with Crippen molar-refractivity contribution in [3.63, 3.8) is 0 Å². The van der Waals surface area contributed by atoms with Crippen molar-refractivity contribution in [2.45, 2.75) is 82.3 Å². The lowest BCUT2D eigenvalue weighted by Crippen LogP contribution is -2.52. The van der Waals surface area contributed by atoms with Crippen molar-refractivity contribution in [1.82, 2.24) is 15.2 Å². The van der Waals surface area contributed by atoms with Crippen molar-refractivity contribution in [1.29, 1.82) is 0 Å². The van der Waals surface area contributed by atoms with Gasteiger partial charge < -0.3 is 30.0 Å². The molecule has 1 aromatic heterocycles. The van der Waals surface area contributed by atoms with Gasteiger partial charge >= 0.3 is 5.97 Å². The Morgan fingerprint density at radius 2 is 1.65 bits per heavy atom. The summed E-state index contributed by atoms with van der Waals surface area (Å²) in [6.45, 7) is 4.95. The minimum atomic E-state index is -0.743. The maximum atomic E-state index is 13.3. The molecule has 3 aliphatic rings. The third kappa shape index (κ3) is 10.0. The molecule has 0 amide bonds. The average molecular weight is 775 g/mol. The molecule has 278 valence electrons. The van der Waals surface area contributed by atoms with Crippen LogP contribution in [0, 0.1) is 5.92 Å². The highest BCUT2D eigenvalue weighted by molar-refractivity contribution is 9.10. The SMILES string of the molecule is O=C(CC(c1ccccc1)c1cccc(OCCCCCCCCCNC[C@H](O)c2ccc(O)c3[nH]c(=O)ccc23)c1Br)O[C@H]1CN2CCC1CC2. The molecule has 4 aromatic rings. The number of phenols is 1. The van der Waals surface area contributed by atoms with Gasteiger partial charge in [0.2, 0.25) is 5.56 Å². The number of nitrogens with zero attached hydrogens (tertiary/aromatic N) is 1. The van der Waals surface area contributed by atoms with Crippen LogP contribution in [0.3, 0.4) is 0 Å². The fourth-order valence-corrected chi connectivity index (χ4v) is 8.40. The molecule has 0 saturated carbocycles. The molecule has 9 nitrogen and oxygen atoms in total. The standard InChI is InChI=1S/C42H52BrN3O6/c43-41-32(34(29-12-7-6-8-13-29)26-40(50)52-38-28-46-23-20-30(38)21-24-46)14-11-15-37(41)51-25-10-5-3-1-2-4-9-22-44-27-36(48)31-16-18-35(47)42-33(31)17-19-39(49)45-42/h6-8,11-19,30,34,36,38,44,47-48H,1-5,9-10,20-28H2,(H,45,49)/t34?,36-,38-/m0/s1. The van der Waals surface area contributed by atoms with Crippen molar-refractivity contribution < 1.29 is 24.5 Å². The first kappa shape index (κ1) is 38.0. The van der Waals surface area contributed by atoms with Crippen LogP contribution in [-0.2, 0) is 9.53 Å². The van der Waals surface area contributed by atoms with E-state index in [2.05, 4.69) is 49.3 Å². The minimum absolute atomic E-state index is 0.00257. The molecule has 4 heterocycles. The van der Waals surface area contributed by atoms with Gasteiger partial charge in [-0.2, -0.15) is 0 Å². The molecule has 0 aliphatic carbocycles. The van der Waals surface area contributed by atoms with Gasteiger partial charge in [0.15, 0.2) is 0 Å². The molecule has 0 radical (unpaired) electrons. The summed E-state index contributed by atoms with van der Waals surface area (Å²) < 4.78 is 13.3. The first-order chi connectivity index (χ1) is 25.4. The Morgan fingerprint density at radius 3 is 2.40 bits per heavy atom. The summed E-state index contributed by atoms with van der Waals surface area (Å²) in [5.41, 5.74) is 2.85. The normalized spacial score (nSPS) is 19.4. The van der Waals surface area contributed by atoms with Crippen LogP contribution in [0.15, 0.2) is 82.1 Å². The van der Waals surface area contributed by atoms with Crippen LogP contribution in [0.1, 0.15) is 92.9 Å². The number of aromatic nitrogens is 1. The number of fused-ring (bicyclic) bond motifs is 4. The van der Waals surface area contributed by atoms with E-state index in [1.165, 1.54) is 18.6 Å². The van der Waals surface area contributed by atoms with Crippen LogP contribution in [0.4, 0.5) is 0 Å². The third-order valence-electron chi connectivity index (χ3n) is 10.7. The zero-order valence-corrected chi connectivity index (χ0v) is 31.5. The van der Waals surface area contributed by atoms with Crippen LogP contribution in [0.25, 0.3) is 10.9 Å². The number of ether oxygens (including phenoxy) is 2. The lowest BCUT2D eigenvalue weighted by Gasteiger charge is -2.44. The lowest BCUT2D eigenvalue weighted by atomic mass is 9.85. The number of aromatic amines is 1. The van der Waals surface area contributed by atoms with Crippen LogP contribution >= 0.6 is 15.9 Å². The lowest BCUT2D eigenvalue weighted by molar-refractivity contribution is -0.159. The Balaban J connectivity index is 0.881. The fourth-order valence-electron chi connectivity index (χ4n) is 7.75. The predicted molar refractivity (Wildman–Crippen MR) is 208 cm³/mol. The number of hydrogen-bond acceptors (Lipinski definition) is 8. The van der Waals surface area contributed by atoms with Gasteiger partial charge in [-0.3, -0.25) is 14.5 Å². The highest BCUT2D eigenvalue weighted by Crippen LogP contribution is 2.39. The van der Waals surface area contributed by atoms with Gasteiger partial charge in [-0.1, -0.05) is 80.6 Å². The van der Waals surface area contributed by atoms with Gasteiger partial charge in [0.05, 0.1) is 29.1 Å². The summed E-state index contributed by atoms with van der Waals surface area (Å²) in [5.74, 6) is 1.00. The summed E-state index contributed by atoms with van der Waals surface area (Å²) in [6.07, 6.45) is 9.51. The van der Waals surface area contributed by atoms with Gasteiger partial charge in [0.25, 0.3) is 0 Å². The van der Waals surface area contributed by atoms with E-state index >= 15 is 0 Å². The van der Waals surface area contributed by atoms with E-state index in [0.717, 1.165) is 98.9 Å². The number of carbonyl (C=O) groups is 1. The first-order valence-corrected chi connectivity index (χ1v) is 19.8. The number of piperidine rings is 3. The summed E-state index contributed by atoms with van der Waals surface area (Å²) in [7, 11) is 0. The van der Waals surface area contributed by atoms with Crippen molar-refractivity contribution in [3.05, 3.63) is 104 Å². The number of unbranched alkanes of at least 4 members (excludes halogenated alkanes) is 6. The number of carbonyl (C=O) groups excluding carboxylic acids is 1. The zero-order chi connectivity index (χ0) is 36.3. The van der Waals surface area contributed by atoms with Crippen LogP contribution < -0.4 is 15.6 Å². The van der Waals surface area contributed by atoms with Crippen LogP contribution in [0.5, 0.6) is 11.5 Å². The molecule has 0 spiro atoms. The molecule has 7 rings (SSSR count). The highest BCUT2D eigenvalue weighted by atomic mass is 79.9. The summed E-state index contributed by atoms with van der Waals surface area (Å²) in [6, 6.07) is 22.5. The van der Waals surface area contributed by atoms with Crippen molar-refractivity contribution >= 4 is 32.8 Å². The summed E-state index contributed by atoms with van der Waals surface area (Å²) in [5, 5.41) is 24.8. The third-order valence-corrected chi connectivity index (χ3v) is 11.5. The number of rotatable bonds is 19. The molecule has 3 fully saturated rings. The number of benzene rings is 3. The number of esters is 1. The largest absolute Gasteiger partial charge is 0.506 e. The van der Waals surface area contributed by atoms with E-state index in [1.807, 2.05) is 30.3 Å². The van der Waals surface area contributed by atoms with Crippen molar-refractivity contribution in [3.8, 4) is 11.5 Å². The number of pyridine rings is 1.